The molecule has 1 N–H and O–H groups in total. The summed E-state index contributed by atoms with van der Waals surface area (Å²) >= 11 is 1.73. The van der Waals surface area contributed by atoms with Crippen molar-refractivity contribution in [2.45, 2.75) is 32.4 Å². The van der Waals surface area contributed by atoms with Crippen molar-refractivity contribution in [1.29, 1.82) is 0 Å². The minimum absolute atomic E-state index is 0. The average Bonchev–Trinajstić information content (AvgIpc) is 3.16. The first-order chi connectivity index (χ1) is 12.7. The maximum Gasteiger partial charge on any atom is 0.193 e. The summed E-state index contributed by atoms with van der Waals surface area (Å²) in [5, 5.41) is 7.86. The molecule has 6 heteroatoms. The number of aliphatic imine (C=N–C) groups is 1. The number of hydrogen-bond acceptors (Lipinski definition) is 3. The van der Waals surface area contributed by atoms with Gasteiger partial charge in [0.2, 0.25) is 0 Å². The Kier molecular flexibility index (Phi) is 9.05. The fourth-order valence-electron chi connectivity index (χ4n) is 3.52. The summed E-state index contributed by atoms with van der Waals surface area (Å²) in [6.45, 7) is 4.71. The van der Waals surface area contributed by atoms with E-state index in [0.717, 1.165) is 32.1 Å². The summed E-state index contributed by atoms with van der Waals surface area (Å²) in [7, 11) is 3.93. The Morgan fingerprint density at radius 3 is 2.74 bits per heavy atom. The highest BCUT2D eigenvalue weighted by Gasteiger charge is 2.27. The van der Waals surface area contributed by atoms with E-state index in [0.29, 0.717) is 5.92 Å². The molecule has 1 aromatic heterocycles. The number of benzene rings is 1. The van der Waals surface area contributed by atoms with Gasteiger partial charge in [0, 0.05) is 39.7 Å². The highest BCUT2D eigenvalue weighted by atomic mass is 127. The van der Waals surface area contributed by atoms with Crippen LogP contribution in [0.4, 0.5) is 0 Å². The van der Waals surface area contributed by atoms with E-state index in [-0.39, 0.29) is 30.1 Å². The number of hydrogen-bond donors (Lipinski definition) is 1. The van der Waals surface area contributed by atoms with E-state index in [1.54, 1.807) is 11.3 Å². The van der Waals surface area contributed by atoms with Crippen molar-refractivity contribution in [2.75, 3.05) is 27.2 Å². The van der Waals surface area contributed by atoms with Crippen molar-refractivity contribution in [3.63, 3.8) is 0 Å². The fourth-order valence-corrected chi connectivity index (χ4v) is 4.18. The van der Waals surface area contributed by atoms with Crippen LogP contribution in [0.3, 0.4) is 0 Å². The van der Waals surface area contributed by atoms with Gasteiger partial charge in [-0.05, 0) is 47.7 Å². The normalized spacial score (nSPS) is 20.0. The lowest BCUT2D eigenvalue weighted by Crippen LogP contribution is -2.42. The summed E-state index contributed by atoms with van der Waals surface area (Å²) < 4.78 is 6.14. The number of aryl methyl sites for hydroxylation is 1. The van der Waals surface area contributed by atoms with Gasteiger partial charge in [-0.2, -0.15) is 11.3 Å². The molecule has 2 aromatic rings. The zero-order valence-electron chi connectivity index (χ0n) is 16.4. The SMILES string of the molecule is CN=C(NCC1CCCOC1c1ccc(C)cc1)N(C)Cc1ccsc1.I. The summed E-state index contributed by atoms with van der Waals surface area (Å²) in [6.07, 6.45) is 2.46. The molecule has 1 aliphatic heterocycles. The molecule has 1 saturated heterocycles. The van der Waals surface area contributed by atoms with Crippen LogP contribution in [0.5, 0.6) is 0 Å². The van der Waals surface area contributed by atoms with Gasteiger partial charge < -0.3 is 15.0 Å². The number of halogens is 1. The smallest absolute Gasteiger partial charge is 0.193 e. The van der Waals surface area contributed by atoms with Gasteiger partial charge in [0.25, 0.3) is 0 Å². The lowest BCUT2D eigenvalue weighted by Gasteiger charge is -2.33. The fraction of sp³-hybridized carbons (Fsp3) is 0.476. The Morgan fingerprint density at radius 2 is 2.07 bits per heavy atom. The third kappa shape index (κ3) is 6.19. The second kappa shape index (κ2) is 11.0. The Morgan fingerprint density at radius 1 is 1.30 bits per heavy atom. The predicted molar refractivity (Wildman–Crippen MR) is 125 cm³/mol. The zero-order chi connectivity index (χ0) is 18.4. The summed E-state index contributed by atoms with van der Waals surface area (Å²) in [5.74, 6) is 1.39. The standard InChI is InChI=1S/C21H29N3OS.HI/c1-16-6-8-18(9-7-16)20-19(5-4-11-25-20)13-23-21(22-2)24(3)14-17-10-12-26-15-17;/h6-10,12,15,19-20H,4-5,11,13-14H2,1-3H3,(H,22,23);1H. The predicted octanol–water partition coefficient (Wildman–Crippen LogP) is 4.85. The molecule has 1 fully saturated rings. The molecule has 2 unspecified atom stereocenters. The van der Waals surface area contributed by atoms with E-state index < -0.39 is 0 Å². The molecule has 0 radical (unpaired) electrons. The van der Waals surface area contributed by atoms with Crippen LogP contribution in [0.2, 0.25) is 0 Å². The molecule has 148 valence electrons. The number of ether oxygens (including phenoxy) is 1. The molecule has 0 saturated carbocycles. The molecule has 3 rings (SSSR count). The van der Waals surface area contributed by atoms with Crippen LogP contribution in [-0.2, 0) is 11.3 Å². The molecule has 27 heavy (non-hydrogen) atoms. The van der Waals surface area contributed by atoms with E-state index in [4.69, 9.17) is 4.74 Å². The van der Waals surface area contributed by atoms with Crippen LogP contribution in [-0.4, -0.2) is 38.1 Å². The van der Waals surface area contributed by atoms with Gasteiger partial charge in [0.1, 0.15) is 0 Å². The highest BCUT2D eigenvalue weighted by molar-refractivity contribution is 14.0. The molecule has 0 spiro atoms. The van der Waals surface area contributed by atoms with Gasteiger partial charge >= 0.3 is 0 Å². The summed E-state index contributed by atoms with van der Waals surface area (Å²) in [5.41, 5.74) is 3.89. The average molecular weight is 499 g/mol. The quantitative estimate of drug-likeness (QED) is 0.363. The van der Waals surface area contributed by atoms with Gasteiger partial charge in [-0.15, -0.1) is 24.0 Å². The maximum absolute atomic E-state index is 6.14. The zero-order valence-corrected chi connectivity index (χ0v) is 19.5. The first-order valence-corrected chi connectivity index (χ1v) is 10.2. The molecule has 0 amide bonds. The molecule has 2 heterocycles. The Labute approximate surface area is 184 Å². The lowest BCUT2D eigenvalue weighted by atomic mass is 9.89. The van der Waals surface area contributed by atoms with Crippen LogP contribution in [0.15, 0.2) is 46.1 Å². The van der Waals surface area contributed by atoms with E-state index in [2.05, 4.69) is 70.3 Å². The van der Waals surface area contributed by atoms with Crippen molar-refractivity contribution < 1.29 is 4.74 Å². The van der Waals surface area contributed by atoms with Gasteiger partial charge in [-0.3, -0.25) is 4.99 Å². The Hall–Kier alpha value is -1.12. The topological polar surface area (TPSA) is 36.9 Å². The highest BCUT2D eigenvalue weighted by Crippen LogP contribution is 2.33. The molecule has 4 nitrogen and oxygen atoms in total. The molecular weight excluding hydrogens is 469 g/mol. The van der Waals surface area contributed by atoms with Gasteiger partial charge in [0.15, 0.2) is 5.96 Å². The van der Waals surface area contributed by atoms with Crippen molar-refractivity contribution in [3.8, 4) is 0 Å². The van der Waals surface area contributed by atoms with Gasteiger partial charge in [0.05, 0.1) is 6.10 Å². The number of thiophene rings is 1. The van der Waals surface area contributed by atoms with E-state index in [1.807, 2.05) is 7.05 Å². The van der Waals surface area contributed by atoms with Crippen LogP contribution >= 0.6 is 35.3 Å². The second-order valence-electron chi connectivity index (χ2n) is 7.02. The Bertz CT molecular complexity index is 703. The van der Waals surface area contributed by atoms with E-state index in [1.165, 1.54) is 23.1 Å². The van der Waals surface area contributed by atoms with Crippen molar-refractivity contribution in [3.05, 3.63) is 57.8 Å². The van der Waals surface area contributed by atoms with Crippen molar-refractivity contribution >= 4 is 41.3 Å². The third-order valence-corrected chi connectivity index (χ3v) is 5.68. The maximum atomic E-state index is 6.14. The van der Waals surface area contributed by atoms with Crippen LogP contribution in [0.1, 0.15) is 35.6 Å². The van der Waals surface area contributed by atoms with Crippen molar-refractivity contribution in [2.24, 2.45) is 10.9 Å². The van der Waals surface area contributed by atoms with Crippen molar-refractivity contribution in [1.82, 2.24) is 10.2 Å². The third-order valence-electron chi connectivity index (χ3n) is 4.95. The first kappa shape index (κ1) is 22.2. The minimum atomic E-state index is 0. The Balaban J connectivity index is 0.00000261. The van der Waals surface area contributed by atoms with Gasteiger partial charge in [-0.1, -0.05) is 29.8 Å². The number of rotatable bonds is 5. The van der Waals surface area contributed by atoms with E-state index >= 15 is 0 Å². The lowest BCUT2D eigenvalue weighted by molar-refractivity contribution is -0.0266. The molecule has 1 aromatic carbocycles. The molecule has 0 aliphatic carbocycles. The van der Waals surface area contributed by atoms with Gasteiger partial charge in [-0.25, -0.2) is 0 Å². The molecular formula is C21H30IN3OS. The van der Waals surface area contributed by atoms with Crippen LogP contribution < -0.4 is 5.32 Å². The summed E-state index contributed by atoms with van der Waals surface area (Å²) in [4.78, 5) is 6.63. The monoisotopic (exact) mass is 499 g/mol. The molecule has 0 bridgehead atoms. The largest absolute Gasteiger partial charge is 0.373 e. The number of guanidine groups is 1. The number of nitrogens with one attached hydrogen (secondary N) is 1. The first-order valence-electron chi connectivity index (χ1n) is 9.28. The van der Waals surface area contributed by atoms with E-state index in [9.17, 15) is 0 Å². The minimum Gasteiger partial charge on any atom is -0.373 e. The second-order valence-corrected chi connectivity index (χ2v) is 7.80. The number of nitrogens with zero attached hydrogens (tertiary/aromatic N) is 2. The molecule has 1 aliphatic rings. The van der Waals surface area contributed by atoms with Crippen LogP contribution in [0, 0.1) is 12.8 Å². The molecule has 2 atom stereocenters. The van der Waals surface area contributed by atoms with Crippen LogP contribution in [0.25, 0.3) is 0 Å². The summed E-state index contributed by atoms with van der Waals surface area (Å²) in [6, 6.07) is 10.9.